The second kappa shape index (κ2) is 4.14. The Morgan fingerprint density at radius 1 is 1.11 bits per heavy atom. The fourth-order valence-electron chi connectivity index (χ4n) is 3.01. The molecule has 4 heteroatoms. The molecule has 1 N–H and O–H groups in total. The van der Waals surface area contributed by atoms with Crippen molar-refractivity contribution in [2.75, 3.05) is 20.3 Å². The molecule has 2 aliphatic rings. The summed E-state index contributed by atoms with van der Waals surface area (Å²) < 4.78 is 11.6. The Morgan fingerprint density at radius 3 is 2.37 bits per heavy atom. The highest BCUT2D eigenvalue weighted by Gasteiger charge is 2.37. The first-order valence-corrected chi connectivity index (χ1v) is 6.67. The lowest BCUT2D eigenvalue weighted by Gasteiger charge is -2.29. The molecule has 100 valence electrons. The lowest BCUT2D eigenvalue weighted by molar-refractivity contribution is 0.336. The number of hydrogen-bond donors (Lipinski definition) is 1. The molecule has 1 aromatic carbocycles. The van der Waals surface area contributed by atoms with Gasteiger partial charge in [0.2, 0.25) is 0 Å². The maximum atomic E-state index is 9.42. The first-order valence-electron chi connectivity index (χ1n) is 6.67. The number of hydrogen-bond acceptors (Lipinski definition) is 4. The predicted molar refractivity (Wildman–Crippen MR) is 71.6 cm³/mol. The van der Waals surface area contributed by atoms with Crippen molar-refractivity contribution in [1.82, 2.24) is 5.32 Å². The minimum Gasteiger partial charge on any atom is -0.493 e. The molecule has 0 aliphatic carbocycles. The monoisotopic (exact) mass is 258 g/mol. The molecule has 0 fully saturated rings. The smallest absolute Gasteiger partial charge is 0.141 e. The van der Waals surface area contributed by atoms with Crippen LogP contribution in [0.25, 0.3) is 0 Å². The van der Waals surface area contributed by atoms with Crippen molar-refractivity contribution < 1.29 is 9.47 Å². The van der Waals surface area contributed by atoms with Gasteiger partial charge in [0.25, 0.3) is 0 Å². The highest BCUT2D eigenvalue weighted by Crippen LogP contribution is 2.47. The Hall–Kier alpha value is -1.73. The van der Waals surface area contributed by atoms with E-state index in [0.717, 1.165) is 41.0 Å². The van der Waals surface area contributed by atoms with Gasteiger partial charge in [-0.1, -0.05) is 0 Å². The van der Waals surface area contributed by atoms with Crippen molar-refractivity contribution in [2.24, 2.45) is 0 Å². The van der Waals surface area contributed by atoms with Gasteiger partial charge in [-0.25, -0.2) is 0 Å². The van der Waals surface area contributed by atoms with E-state index in [0.29, 0.717) is 18.8 Å². The van der Waals surface area contributed by atoms with Crippen LogP contribution in [0, 0.1) is 11.3 Å². The van der Waals surface area contributed by atoms with Gasteiger partial charge in [0.15, 0.2) is 0 Å². The minimum absolute atomic E-state index is 0.194. The average molecular weight is 258 g/mol. The molecule has 0 unspecified atom stereocenters. The zero-order chi connectivity index (χ0) is 13.6. The van der Waals surface area contributed by atoms with E-state index >= 15 is 0 Å². The summed E-state index contributed by atoms with van der Waals surface area (Å²) in [5, 5.41) is 12.8. The van der Waals surface area contributed by atoms with E-state index in [2.05, 4.69) is 25.2 Å². The summed E-state index contributed by atoms with van der Waals surface area (Å²) in [4.78, 5) is 0. The quantitative estimate of drug-likeness (QED) is 0.880. The van der Waals surface area contributed by atoms with Gasteiger partial charge in [-0.15, -0.1) is 0 Å². The third kappa shape index (κ3) is 1.62. The Labute approximate surface area is 113 Å². The number of nitrogens with one attached hydrogen (secondary N) is 1. The van der Waals surface area contributed by atoms with E-state index in [-0.39, 0.29) is 5.54 Å². The highest BCUT2D eigenvalue weighted by molar-refractivity contribution is 5.67. The van der Waals surface area contributed by atoms with Crippen LogP contribution >= 0.6 is 0 Å². The van der Waals surface area contributed by atoms with Crippen LogP contribution in [0.4, 0.5) is 0 Å². The van der Waals surface area contributed by atoms with Gasteiger partial charge in [0.05, 0.1) is 13.2 Å². The number of nitrogens with zero attached hydrogens (tertiary/aromatic N) is 1. The molecular formula is C15H18N2O2. The maximum Gasteiger partial charge on any atom is 0.141 e. The van der Waals surface area contributed by atoms with Crippen molar-refractivity contribution in [3.05, 3.63) is 22.3 Å². The van der Waals surface area contributed by atoms with Crippen LogP contribution in [0.5, 0.6) is 11.5 Å². The largest absolute Gasteiger partial charge is 0.493 e. The van der Waals surface area contributed by atoms with Crippen molar-refractivity contribution in [3.8, 4) is 17.6 Å². The molecule has 3 rings (SSSR count). The van der Waals surface area contributed by atoms with Gasteiger partial charge >= 0.3 is 0 Å². The molecule has 0 atom stereocenters. The lowest BCUT2D eigenvalue weighted by Crippen LogP contribution is -2.34. The summed E-state index contributed by atoms with van der Waals surface area (Å²) in [6.45, 7) is 5.57. The molecule has 0 bridgehead atoms. The van der Waals surface area contributed by atoms with E-state index in [4.69, 9.17) is 9.47 Å². The Morgan fingerprint density at radius 2 is 1.74 bits per heavy atom. The number of nitriles is 1. The SMILES string of the molecule is CNC(C)(C)c1c2c(c(C#N)c3c1OCC3)OCC2. The van der Waals surface area contributed by atoms with Crippen LogP contribution < -0.4 is 14.8 Å². The second-order valence-corrected chi connectivity index (χ2v) is 5.55. The van der Waals surface area contributed by atoms with Crippen LogP contribution in [0.1, 0.15) is 36.1 Å². The first kappa shape index (κ1) is 12.3. The molecule has 1 aromatic rings. The van der Waals surface area contributed by atoms with Crippen molar-refractivity contribution >= 4 is 0 Å². The highest BCUT2D eigenvalue weighted by atomic mass is 16.5. The molecule has 4 nitrogen and oxygen atoms in total. The van der Waals surface area contributed by atoms with Gasteiger partial charge in [0, 0.05) is 35.1 Å². The molecule has 0 radical (unpaired) electrons. The van der Waals surface area contributed by atoms with Gasteiger partial charge in [0.1, 0.15) is 23.1 Å². The number of rotatable bonds is 2. The standard InChI is InChI=1S/C15H18N2O2/c1-15(2,17-3)12-10-5-7-18-13(10)11(8-16)9-4-6-19-14(9)12/h17H,4-7H2,1-3H3. The summed E-state index contributed by atoms with van der Waals surface area (Å²) >= 11 is 0. The maximum absolute atomic E-state index is 9.42. The molecule has 0 aromatic heterocycles. The minimum atomic E-state index is -0.194. The molecule has 2 aliphatic heterocycles. The van der Waals surface area contributed by atoms with Gasteiger partial charge in [-0.3, -0.25) is 0 Å². The van der Waals surface area contributed by atoms with Crippen molar-refractivity contribution in [2.45, 2.75) is 32.2 Å². The molecule has 0 saturated heterocycles. The fourth-order valence-corrected chi connectivity index (χ4v) is 3.01. The van der Waals surface area contributed by atoms with Crippen LogP contribution in [0.2, 0.25) is 0 Å². The molecule has 0 saturated carbocycles. The number of fused-ring (bicyclic) bond motifs is 2. The van der Waals surface area contributed by atoms with E-state index in [1.165, 1.54) is 0 Å². The van der Waals surface area contributed by atoms with Crippen LogP contribution in [0.15, 0.2) is 0 Å². The molecule has 2 heterocycles. The summed E-state index contributed by atoms with van der Waals surface area (Å²) in [7, 11) is 1.95. The van der Waals surface area contributed by atoms with Crippen LogP contribution in [-0.2, 0) is 18.4 Å². The fraction of sp³-hybridized carbons (Fsp3) is 0.533. The van der Waals surface area contributed by atoms with E-state index in [1.54, 1.807) is 0 Å². The topological polar surface area (TPSA) is 54.3 Å². The van der Waals surface area contributed by atoms with Crippen LogP contribution in [0.3, 0.4) is 0 Å². The third-order valence-electron chi connectivity index (χ3n) is 4.16. The average Bonchev–Trinajstić information content (AvgIpc) is 3.03. The summed E-state index contributed by atoms with van der Waals surface area (Å²) in [5.74, 6) is 1.69. The van der Waals surface area contributed by atoms with E-state index in [1.807, 2.05) is 7.05 Å². The van der Waals surface area contributed by atoms with E-state index in [9.17, 15) is 5.26 Å². The molecule has 0 amide bonds. The summed E-state index contributed by atoms with van der Waals surface area (Å²) in [5.41, 5.74) is 3.79. The first-order chi connectivity index (χ1) is 9.10. The number of ether oxygens (including phenoxy) is 2. The molecular weight excluding hydrogens is 240 g/mol. The van der Waals surface area contributed by atoms with E-state index < -0.39 is 0 Å². The zero-order valence-corrected chi connectivity index (χ0v) is 11.6. The summed E-state index contributed by atoms with van der Waals surface area (Å²) in [6.07, 6.45) is 1.64. The molecule has 19 heavy (non-hydrogen) atoms. The summed E-state index contributed by atoms with van der Waals surface area (Å²) in [6, 6.07) is 2.30. The van der Waals surface area contributed by atoms with Gasteiger partial charge < -0.3 is 14.8 Å². The number of benzene rings is 1. The van der Waals surface area contributed by atoms with Crippen LogP contribution in [-0.4, -0.2) is 20.3 Å². The zero-order valence-electron chi connectivity index (χ0n) is 11.6. The second-order valence-electron chi connectivity index (χ2n) is 5.55. The third-order valence-corrected chi connectivity index (χ3v) is 4.16. The predicted octanol–water partition coefficient (Wildman–Crippen LogP) is 1.88. The van der Waals surface area contributed by atoms with Gasteiger partial charge in [-0.2, -0.15) is 5.26 Å². The van der Waals surface area contributed by atoms with Crippen molar-refractivity contribution in [3.63, 3.8) is 0 Å². The Balaban J connectivity index is 2.35. The lowest BCUT2D eigenvalue weighted by atomic mass is 9.84. The Kier molecular flexibility index (Phi) is 2.68. The van der Waals surface area contributed by atoms with Crippen molar-refractivity contribution in [1.29, 1.82) is 5.26 Å². The molecule has 0 spiro atoms. The normalized spacial score (nSPS) is 16.3. The Bertz CT molecular complexity index is 550. The van der Waals surface area contributed by atoms with Gasteiger partial charge in [-0.05, 0) is 20.9 Å².